The van der Waals surface area contributed by atoms with E-state index in [1.54, 1.807) is 25.2 Å². The molecule has 2 aromatic carbocycles. The van der Waals surface area contributed by atoms with Gasteiger partial charge in [0.15, 0.2) is 0 Å². The first kappa shape index (κ1) is 9.09. The molecule has 0 saturated heterocycles. The summed E-state index contributed by atoms with van der Waals surface area (Å²) in [6.07, 6.45) is 0. The average molecular weight is 211 g/mol. The molecule has 3 rings (SSSR count). The van der Waals surface area contributed by atoms with Gasteiger partial charge >= 0.3 is 0 Å². The molecule has 0 unspecified atom stereocenters. The first-order valence-corrected chi connectivity index (χ1v) is 5.06. The van der Waals surface area contributed by atoms with Gasteiger partial charge in [0, 0.05) is 29.2 Å². The number of carbonyl (C=O) groups excluding carboxylic acids is 2. The van der Waals surface area contributed by atoms with Crippen LogP contribution >= 0.6 is 0 Å². The van der Waals surface area contributed by atoms with Gasteiger partial charge < -0.3 is 5.32 Å². The van der Waals surface area contributed by atoms with Crippen molar-refractivity contribution in [1.29, 1.82) is 0 Å². The van der Waals surface area contributed by atoms with Crippen molar-refractivity contribution in [3.63, 3.8) is 0 Å². The van der Waals surface area contributed by atoms with Crippen LogP contribution in [-0.4, -0.2) is 18.6 Å². The zero-order valence-electron chi connectivity index (χ0n) is 8.70. The average Bonchev–Trinajstić information content (AvgIpc) is 2.56. The van der Waals surface area contributed by atoms with E-state index in [2.05, 4.69) is 5.32 Å². The normalized spacial score (nSPS) is 13.6. The first-order chi connectivity index (χ1) is 7.72. The van der Waals surface area contributed by atoms with Crippen molar-refractivity contribution in [2.45, 2.75) is 0 Å². The summed E-state index contributed by atoms with van der Waals surface area (Å²) in [7, 11) is 1.79. The van der Waals surface area contributed by atoms with Gasteiger partial charge in [-0.1, -0.05) is 18.2 Å². The monoisotopic (exact) mass is 211 g/mol. The van der Waals surface area contributed by atoms with Gasteiger partial charge in [-0.3, -0.25) is 9.59 Å². The standard InChI is InChI=1S/C13H9NO2/c1-14-8-5-7-3-2-4-9-11(7)10(6-8)13(16)12(9)15/h2-6,14H,1H3. The van der Waals surface area contributed by atoms with E-state index in [9.17, 15) is 9.59 Å². The Kier molecular flexibility index (Phi) is 1.66. The smallest absolute Gasteiger partial charge is 0.234 e. The third-order valence-electron chi connectivity index (χ3n) is 2.96. The number of hydrogen-bond donors (Lipinski definition) is 1. The van der Waals surface area contributed by atoms with Gasteiger partial charge in [-0.25, -0.2) is 0 Å². The highest BCUT2D eigenvalue weighted by molar-refractivity contribution is 6.57. The molecule has 0 saturated carbocycles. The minimum absolute atomic E-state index is 0.395. The number of ketones is 2. The van der Waals surface area contributed by atoms with E-state index in [0.717, 1.165) is 16.5 Å². The van der Waals surface area contributed by atoms with Crippen molar-refractivity contribution < 1.29 is 9.59 Å². The highest BCUT2D eigenvalue weighted by Gasteiger charge is 2.30. The molecule has 3 heteroatoms. The Hall–Kier alpha value is -2.16. The Labute approximate surface area is 92.1 Å². The van der Waals surface area contributed by atoms with Crippen LogP contribution in [0.15, 0.2) is 30.3 Å². The number of hydrogen-bond acceptors (Lipinski definition) is 3. The Bertz CT molecular complexity index is 644. The van der Waals surface area contributed by atoms with Crippen LogP contribution in [0.5, 0.6) is 0 Å². The Balaban J connectivity index is 2.50. The predicted octanol–water partition coefficient (Wildman–Crippen LogP) is 2.26. The van der Waals surface area contributed by atoms with Gasteiger partial charge in [0.1, 0.15) is 0 Å². The Morgan fingerprint density at radius 3 is 2.50 bits per heavy atom. The fourth-order valence-electron chi connectivity index (χ4n) is 2.19. The highest BCUT2D eigenvalue weighted by atomic mass is 16.2. The lowest BCUT2D eigenvalue weighted by molar-refractivity contribution is 0.0825. The summed E-state index contributed by atoms with van der Waals surface area (Å²) in [5, 5.41) is 4.71. The molecule has 0 radical (unpaired) electrons. The molecule has 0 heterocycles. The fraction of sp³-hybridized carbons (Fsp3) is 0.0769. The van der Waals surface area contributed by atoms with Crippen molar-refractivity contribution in [2.24, 2.45) is 0 Å². The minimum Gasteiger partial charge on any atom is -0.388 e. The van der Waals surface area contributed by atoms with E-state index in [1.165, 1.54) is 0 Å². The van der Waals surface area contributed by atoms with Crippen LogP contribution in [0.4, 0.5) is 5.69 Å². The molecule has 1 aliphatic rings. The molecular weight excluding hydrogens is 202 g/mol. The molecule has 0 fully saturated rings. The minimum atomic E-state index is -0.400. The number of carbonyl (C=O) groups is 2. The fourth-order valence-corrected chi connectivity index (χ4v) is 2.19. The zero-order chi connectivity index (χ0) is 11.3. The number of nitrogens with one attached hydrogen (secondary N) is 1. The van der Waals surface area contributed by atoms with E-state index in [0.29, 0.717) is 11.1 Å². The summed E-state index contributed by atoms with van der Waals surface area (Å²) in [4.78, 5) is 23.5. The van der Waals surface area contributed by atoms with Crippen molar-refractivity contribution in [3.8, 4) is 0 Å². The maximum atomic E-state index is 11.8. The van der Waals surface area contributed by atoms with E-state index in [-0.39, 0.29) is 0 Å². The van der Waals surface area contributed by atoms with Crippen molar-refractivity contribution in [3.05, 3.63) is 41.5 Å². The van der Waals surface area contributed by atoms with Crippen LogP contribution in [0, 0.1) is 0 Å². The van der Waals surface area contributed by atoms with Crippen molar-refractivity contribution in [2.75, 3.05) is 12.4 Å². The largest absolute Gasteiger partial charge is 0.388 e. The molecule has 0 aliphatic heterocycles. The van der Waals surface area contributed by atoms with Crippen LogP contribution < -0.4 is 5.32 Å². The molecule has 2 aromatic rings. The van der Waals surface area contributed by atoms with Crippen molar-refractivity contribution in [1.82, 2.24) is 0 Å². The van der Waals surface area contributed by atoms with E-state index >= 15 is 0 Å². The number of benzene rings is 2. The van der Waals surface area contributed by atoms with E-state index in [1.807, 2.05) is 12.1 Å². The maximum absolute atomic E-state index is 11.8. The second-order valence-corrected chi connectivity index (χ2v) is 3.84. The van der Waals surface area contributed by atoms with Gasteiger partial charge in [-0.05, 0) is 17.5 Å². The summed E-state index contributed by atoms with van der Waals surface area (Å²) in [5.41, 5.74) is 1.89. The molecule has 16 heavy (non-hydrogen) atoms. The molecule has 1 N–H and O–H groups in total. The predicted molar refractivity (Wildman–Crippen MR) is 62.2 cm³/mol. The molecule has 0 atom stereocenters. The van der Waals surface area contributed by atoms with E-state index < -0.39 is 11.6 Å². The molecule has 0 amide bonds. The second kappa shape index (κ2) is 2.92. The summed E-state index contributed by atoms with van der Waals surface area (Å²) in [6, 6.07) is 9.10. The third kappa shape index (κ3) is 0.972. The topological polar surface area (TPSA) is 46.2 Å². The van der Waals surface area contributed by atoms with Crippen molar-refractivity contribution >= 4 is 28.0 Å². The summed E-state index contributed by atoms with van der Waals surface area (Å²) >= 11 is 0. The maximum Gasteiger partial charge on any atom is 0.234 e. The van der Waals surface area contributed by atoms with Gasteiger partial charge in [-0.15, -0.1) is 0 Å². The zero-order valence-corrected chi connectivity index (χ0v) is 8.70. The second-order valence-electron chi connectivity index (χ2n) is 3.84. The molecule has 78 valence electrons. The molecular formula is C13H9NO2. The van der Waals surface area contributed by atoms with Gasteiger partial charge in [0.05, 0.1) is 0 Å². The quantitative estimate of drug-likeness (QED) is 0.736. The van der Waals surface area contributed by atoms with Gasteiger partial charge in [0.25, 0.3) is 0 Å². The van der Waals surface area contributed by atoms with Gasteiger partial charge in [-0.2, -0.15) is 0 Å². The first-order valence-electron chi connectivity index (χ1n) is 5.06. The van der Waals surface area contributed by atoms with Crippen LogP contribution in [0.1, 0.15) is 20.7 Å². The molecule has 1 aliphatic carbocycles. The van der Waals surface area contributed by atoms with Gasteiger partial charge in [0.2, 0.25) is 11.6 Å². The number of anilines is 1. The van der Waals surface area contributed by atoms with Crippen LogP contribution in [0.3, 0.4) is 0 Å². The highest BCUT2D eigenvalue weighted by Crippen LogP contribution is 2.33. The molecule has 3 nitrogen and oxygen atoms in total. The summed E-state index contributed by atoms with van der Waals surface area (Å²) in [6.45, 7) is 0. The summed E-state index contributed by atoms with van der Waals surface area (Å²) in [5.74, 6) is -0.794. The lowest BCUT2D eigenvalue weighted by atomic mass is 10.0. The Morgan fingerprint density at radius 1 is 1.00 bits per heavy atom. The molecule has 0 aromatic heterocycles. The van der Waals surface area contributed by atoms with E-state index in [4.69, 9.17) is 0 Å². The molecule has 0 bridgehead atoms. The third-order valence-corrected chi connectivity index (χ3v) is 2.96. The number of rotatable bonds is 1. The SMILES string of the molecule is CNc1cc2c3c(cccc3c1)C(=O)C2=O. The van der Waals surface area contributed by atoms with Crippen LogP contribution in [0.25, 0.3) is 10.8 Å². The van der Waals surface area contributed by atoms with Crippen LogP contribution in [-0.2, 0) is 0 Å². The molecule has 0 spiro atoms. The Morgan fingerprint density at radius 2 is 1.75 bits per heavy atom. The number of Topliss-reactive ketones (excluding diaryl/α,β-unsaturated/α-hetero) is 2. The van der Waals surface area contributed by atoms with Crippen LogP contribution in [0.2, 0.25) is 0 Å². The lowest BCUT2D eigenvalue weighted by Gasteiger charge is -2.04. The lowest BCUT2D eigenvalue weighted by Crippen LogP contribution is -2.06. The summed E-state index contributed by atoms with van der Waals surface area (Å²) < 4.78 is 0.